The number of amides is 1. The summed E-state index contributed by atoms with van der Waals surface area (Å²) in [6.45, 7) is 4.17. The fraction of sp³-hybridized carbons (Fsp3) is 0.529. The van der Waals surface area contributed by atoms with Crippen LogP contribution in [-0.2, 0) is 4.79 Å². The van der Waals surface area contributed by atoms with Crippen molar-refractivity contribution in [3.05, 3.63) is 17.7 Å². The minimum absolute atomic E-state index is 0.120. The van der Waals surface area contributed by atoms with Gasteiger partial charge in [-0.15, -0.1) is 0 Å². The van der Waals surface area contributed by atoms with Gasteiger partial charge in [0.25, 0.3) is 5.91 Å². The molecule has 6 heteroatoms. The molecule has 1 heterocycles. The maximum absolute atomic E-state index is 12.9. The number of rotatable bonds is 4. The van der Waals surface area contributed by atoms with Crippen LogP contribution in [0, 0.1) is 5.92 Å². The standard InChI is InChI=1S/C17H23NO5/c1-10-9-18(11(2)6-13(10)19)17(20)12-7-14(21-3)16(23-5)15(8-12)22-4/h7-8,10-11H,6,9H2,1-5H3. The van der Waals surface area contributed by atoms with E-state index in [4.69, 9.17) is 14.2 Å². The fourth-order valence-corrected chi connectivity index (χ4v) is 2.83. The first kappa shape index (κ1) is 17.1. The van der Waals surface area contributed by atoms with Gasteiger partial charge in [-0.3, -0.25) is 9.59 Å². The molecule has 0 spiro atoms. The zero-order valence-corrected chi connectivity index (χ0v) is 14.2. The van der Waals surface area contributed by atoms with Crippen LogP contribution in [0.25, 0.3) is 0 Å². The number of ether oxygens (including phenoxy) is 3. The zero-order valence-electron chi connectivity index (χ0n) is 14.2. The number of nitrogens with zero attached hydrogens (tertiary/aromatic N) is 1. The average Bonchev–Trinajstić information content (AvgIpc) is 2.55. The molecule has 23 heavy (non-hydrogen) atoms. The predicted octanol–water partition coefficient (Wildman–Crippen LogP) is 2.15. The molecule has 1 aliphatic rings. The minimum atomic E-state index is -0.142. The molecule has 0 aliphatic carbocycles. The van der Waals surface area contributed by atoms with Crippen LogP contribution in [-0.4, -0.2) is 50.5 Å². The zero-order chi connectivity index (χ0) is 17.1. The maximum Gasteiger partial charge on any atom is 0.254 e. The molecule has 1 amide bonds. The maximum atomic E-state index is 12.9. The molecular formula is C17H23NO5. The Labute approximate surface area is 136 Å². The second kappa shape index (κ2) is 6.89. The van der Waals surface area contributed by atoms with Crippen molar-refractivity contribution >= 4 is 11.7 Å². The molecule has 6 nitrogen and oxygen atoms in total. The molecule has 0 N–H and O–H groups in total. The van der Waals surface area contributed by atoms with Crippen molar-refractivity contribution in [2.45, 2.75) is 26.3 Å². The molecule has 0 aromatic heterocycles. The van der Waals surface area contributed by atoms with Gasteiger partial charge in [-0.05, 0) is 19.1 Å². The Kier molecular flexibility index (Phi) is 5.13. The second-order valence-corrected chi connectivity index (χ2v) is 5.79. The number of likely N-dealkylation sites (tertiary alicyclic amines) is 1. The Morgan fingerprint density at radius 2 is 1.65 bits per heavy atom. The molecule has 0 radical (unpaired) electrons. The summed E-state index contributed by atoms with van der Waals surface area (Å²) in [7, 11) is 4.54. The van der Waals surface area contributed by atoms with E-state index in [0.717, 1.165) is 0 Å². The van der Waals surface area contributed by atoms with E-state index in [9.17, 15) is 9.59 Å². The third-order valence-corrected chi connectivity index (χ3v) is 4.22. The number of benzene rings is 1. The fourth-order valence-electron chi connectivity index (χ4n) is 2.83. The summed E-state index contributed by atoms with van der Waals surface area (Å²) in [6, 6.07) is 3.15. The summed E-state index contributed by atoms with van der Waals surface area (Å²) in [5, 5.41) is 0. The highest BCUT2D eigenvalue weighted by Gasteiger charge is 2.33. The molecule has 2 rings (SSSR count). The lowest BCUT2D eigenvalue weighted by atomic mass is 9.93. The predicted molar refractivity (Wildman–Crippen MR) is 85.4 cm³/mol. The highest BCUT2D eigenvalue weighted by molar-refractivity contribution is 5.97. The lowest BCUT2D eigenvalue weighted by Crippen LogP contribution is -2.48. The van der Waals surface area contributed by atoms with E-state index in [1.165, 1.54) is 21.3 Å². The Morgan fingerprint density at radius 1 is 1.09 bits per heavy atom. The van der Waals surface area contributed by atoms with Crippen LogP contribution >= 0.6 is 0 Å². The van der Waals surface area contributed by atoms with Crippen LogP contribution in [0.3, 0.4) is 0 Å². The molecule has 0 saturated carbocycles. The van der Waals surface area contributed by atoms with Gasteiger partial charge in [0.05, 0.1) is 21.3 Å². The van der Waals surface area contributed by atoms with Gasteiger partial charge in [0, 0.05) is 30.5 Å². The van der Waals surface area contributed by atoms with Crippen LogP contribution in [0.1, 0.15) is 30.6 Å². The minimum Gasteiger partial charge on any atom is -0.493 e. The molecule has 2 atom stereocenters. The van der Waals surface area contributed by atoms with Gasteiger partial charge in [-0.1, -0.05) is 6.92 Å². The van der Waals surface area contributed by atoms with Crippen LogP contribution < -0.4 is 14.2 Å². The summed E-state index contributed by atoms with van der Waals surface area (Å²) in [4.78, 5) is 26.4. The largest absolute Gasteiger partial charge is 0.493 e. The Bertz CT molecular complexity index is 588. The Balaban J connectivity index is 2.37. The van der Waals surface area contributed by atoms with E-state index in [0.29, 0.717) is 35.8 Å². The monoisotopic (exact) mass is 321 g/mol. The van der Waals surface area contributed by atoms with Gasteiger partial charge < -0.3 is 19.1 Å². The van der Waals surface area contributed by atoms with Crippen molar-refractivity contribution in [2.24, 2.45) is 5.92 Å². The molecular weight excluding hydrogens is 298 g/mol. The highest BCUT2D eigenvalue weighted by atomic mass is 16.5. The topological polar surface area (TPSA) is 65.1 Å². The van der Waals surface area contributed by atoms with E-state index in [1.807, 2.05) is 13.8 Å². The third-order valence-electron chi connectivity index (χ3n) is 4.22. The average molecular weight is 321 g/mol. The van der Waals surface area contributed by atoms with Gasteiger partial charge in [-0.2, -0.15) is 0 Å². The van der Waals surface area contributed by atoms with Gasteiger partial charge >= 0.3 is 0 Å². The summed E-state index contributed by atoms with van der Waals surface area (Å²) in [6.07, 6.45) is 0.386. The van der Waals surface area contributed by atoms with Crippen LogP contribution in [0.2, 0.25) is 0 Å². The molecule has 1 aromatic carbocycles. The van der Waals surface area contributed by atoms with E-state index < -0.39 is 0 Å². The molecule has 1 saturated heterocycles. The summed E-state index contributed by atoms with van der Waals surface area (Å²) >= 11 is 0. The van der Waals surface area contributed by atoms with E-state index in [2.05, 4.69) is 0 Å². The highest BCUT2D eigenvalue weighted by Crippen LogP contribution is 2.38. The second-order valence-electron chi connectivity index (χ2n) is 5.79. The van der Waals surface area contributed by atoms with Crippen molar-refractivity contribution in [2.75, 3.05) is 27.9 Å². The van der Waals surface area contributed by atoms with Gasteiger partial charge in [0.2, 0.25) is 5.75 Å². The van der Waals surface area contributed by atoms with Crippen molar-refractivity contribution in [3.63, 3.8) is 0 Å². The lowest BCUT2D eigenvalue weighted by Gasteiger charge is -2.36. The summed E-state index contributed by atoms with van der Waals surface area (Å²) < 4.78 is 15.9. The summed E-state index contributed by atoms with van der Waals surface area (Å²) in [5.41, 5.74) is 0.452. The van der Waals surface area contributed by atoms with Gasteiger partial charge in [0.1, 0.15) is 5.78 Å². The number of piperidine rings is 1. The number of ketones is 1. The first-order valence-electron chi connectivity index (χ1n) is 7.56. The molecule has 1 fully saturated rings. The molecule has 126 valence electrons. The van der Waals surface area contributed by atoms with Crippen molar-refractivity contribution in [1.29, 1.82) is 0 Å². The van der Waals surface area contributed by atoms with Gasteiger partial charge in [-0.25, -0.2) is 0 Å². The molecule has 1 aliphatic heterocycles. The normalized spacial score (nSPS) is 21.1. The lowest BCUT2D eigenvalue weighted by molar-refractivity contribution is -0.126. The van der Waals surface area contributed by atoms with Crippen LogP contribution in [0.15, 0.2) is 12.1 Å². The SMILES string of the molecule is COc1cc(C(=O)N2CC(C)C(=O)CC2C)cc(OC)c1OC. The third kappa shape index (κ3) is 3.25. The number of carbonyl (C=O) groups excluding carboxylic acids is 2. The van der Waals surface area contributed by atoms with Crippen molar-refractivity contribution < 1.29 is 23.8 Å². The number of hydrogen-bond acceptors (Lipinski definition) is 5. The quantitative estimate of drug-likeness (QED) is 0.850. The number of hydrogen-bond donors (Lipinski definition) is 0. The molecule has 1 aromatic rings. The van der Waals surface area contributed by atoms with Crippen molar-refractivity contribution in [3.8, 4) is 17.2 Å². The number of methoxy groups -OCH3 is 3. The first-order chi connectivity index (χ1) is 10.9. The van der Waals surface area contributed by atoms with E-state index >= 15 is 0 Å². The number of carbonyl (C=O) groups is 2. The Hall–Kier alpha value is -2.24. The Morgan fingerprint density at radius 3 is 2.13 bits per heavy atom. The smallest absolute Gasteiger partial charge is 0.254 e. The first-order valence-corrected chi connectivity index (χ1v) is 7.56. The summed E-state index contributed by atoms with van der Waals surface area (Å²) in [5.74, 6) is 1.23. The van der Waals surface area contributed by atoms with E-state index in [1.54, 1.807) is 17.0 Å². The molecule has 2 unspecified atom stereocenters. The van der Waals surface area contributed by atoms with Crippen LogP contribution in [0.4, 0.5) is 0 Å². The molecule has 0 bridgehead atoms. The number of Topliss-reactive ketones (excluding diaryl/α,β-unsaturated/α-hetero) is 1. The van der Waals surface area contributed by atoms with Crippen molar-refractivity contribution in [1.82, 2.24) is 4.90 Å². The van der Waals surface area contributed by atoms with Crippen LogP contribution in [0.5, 0.6) is 17.2 Å². The van der Waals surface area contributed by atoms with E-state index in [-0.39, 0.29) is 23.7 Å². The van der Waals surface area contributed by atoms with Gasteiger partial charge in [0.15, 0.2) is 11.5 Å².